The number of hydrogen-bond acceptors (Lipinski definition) is 10. The second-order valence-corrected chi connectivity index (χ2v) is 16.6. The van der Waals surface area contributed by atoms with E-state index in [4.69, 9.17) is 81.8 Å². The summed E-state index contributed by atoms with van der Waals surface area (Å²) < 4.78 is 77.0. The normalized spacial score (nSPS) is 12.7. The van der Waals surface area contributed by atoms with E-state index in [0.29, 0.717) is 33.6 Å². The molecule has 0 N–H and O–H groups in total. The Morgan fingerprint density at radius 2 is 1.14 bits per heavy atom. The van der Waals surface area contributed by atoms with Gasteiger partial charge in [-0.3, -0.25) is 0 Å². The number of ether oxygens (including phenoxy) is 2. The maximum atomic E-state index is 12.6. The third-order valence-corrected chi connectivity index (χ3v) is 12.5. The van der Waals surface area contributed by atoms with Gasteiger partial charge in [-0.05, 0) is 38.1 Å². The lowest BCUT2D eigenvalue weighted by molar-refractivity contribution is 0.337. The third kappa shape index (κ3) is 8.99. The van der Waals surface area contributed by atoms with Crippen LogP contribution in [0, 0.1) is 0 Å². The predicted molar refractivity (Wildman–Crippen MR) is 171 cm³/mol. The highest BCUT2D eigenvalue weighted by Gasteiger charge is 2.26. The lowest BCUT2D eigenvalue weighted by atomic mass is 10.2. The van der Waals surface area contributed by atoms with E-state index in [-0.39, 0.29) is 52.4 Å². The standard InChI is InChI=1S/2C12H10Cl3NO3S2/c2*1-2-19-9-4-3-8(13)11(15)7(9)6-21(17,18)12-16-5-10(14)20-12/h2*3-5H,2,6H2,1H3/i6D2;. The van der Waals surface area contributed by atoms with Crippen LogP contribution in [0.2, 0.25) is 28.8 Å². The molecule has 4 rings (SSSR count). The van der Waals surface area contributed by atoms with Crippen molar-refractivity contribution in [3.05, 3.63) is 76.5 Å². The average molecular weight is 775 g/mol. The number of halogens is 6. The summed E-state index contributed by atoms with van der Waals surface area (Å²) in [6.45, 7) is 4.05. The molecule has 0 fully saturated rings. The van der Waals surface area contributed by atoms with Crippen LogP contribution in [0.1, 0.15) is 27.7 Å². The van der Waals surface area contributed by atoms with Crippen molar-refractivity contribution in [2.24, 2.45) is 0 Å². The molecule has 18 heteroatoms. The van der Waals surface area contributed by atoms with Crippen LogP contribution in [0.15, 0.2) is 45.3 Å². The first-order valence-corrected chi connectivity index (χ1v) is 18.4. The monoisotopic (exact) mass is 772 g/mol. The predicted octanol–water partition coefficient (Wildman–Crippen LogP) is 8.95. The highest BCUT2D eigenvalue weighted by atomic mass is 35.5. The number of nitrogens with zero attached hydrogens (tertiary/aromatic N) is 2. The topological polar surface area (TPSA) is 113 Å². The highest BCUT2D eigenvalue weighted by Crippen LogP contribution is 2.38. The van der Waals surface area contributed by atoms with Crippen LogP contribution < -0.4 is 9.47 Å². The number of hydrogen-bond donors (Lipinski definition) is 0. The van der Waals surface area contributed by atoms with E-state index in [0.717, 1.165) is 17.5 Å². The van der Waals surface area contributed by atoms with Gasteiger partial charge in [0.2, 0.25) is 28.4 Å². The van der Waals surface area contributed by atoms with Crippen molar-refractivity contribution >= 4 is 112 Å². The van der Waals surface area contributed by atoms with E-state index in [1.807, 2.05) is 0 Å². The SMILES string of the molecule is CCOc1ccc(Cl)c(Cl)c1CS(=O)(=O)c1ncc(Cl)s1.[2H]C([2H])(c1c(OCC)ccc(Cl)c1Cl)S(=O)(=O)c1ncc(Cl)s1. The van der Waals surface area contributed by atoms with E-state index in [1.165, 1.54) is 18.3 Å². The van der Waals surface area contributed by atoms with E-state index < -0.39 is 29.7 Å². The molecule has 0 bridgehead atoms. The van der Waals surface area contributed by atoms with Crippen molar-refractivity contribution in [2.45, 2.75) is 34.0 Å². The van der Waals surface area contributed by atoms with E-state index in [9.17, 15) is 16.8 Å². The number of sulfone groups is 2. The van der Waals surface area contributed by atoms with Gasteiger partial charge in [0.25, 0.3) is 0 Å². The van der Waals surface area contributed by atoms with Crippen LogP contribution in [-0.4, -0.2) is 40.0 Å². The zero-order valence-electron chi connectivity index (χ0n) is 23.3. The zero-order chi connectivity index (χ0) is 33.0. The van der Waals surface area contributed by atoms with Gasteiger partial charge in [0.05, 0.1) is 57.2 Å². The Morgan fingerprint density at radius 1 is 0.714 bits per heavy atom. The first kappa shape index (κ1) is 32.3. The van der Waals surface area contributed by atoms with Crippen molar-refractivity contribution in [3.8, 4) is 11.5 Å². The summed E-state index contributed by atoms with van der Waals surface area (Å²) >= 11 is 37.0. The molecule has 0 spiro atoms. The second-order valence-electron chi connectivity index (χ2n) is 7.66. The molecule has 228 valence electrons. The molecule has 8 nitrogen and oxygen atoms in total. The minimum absolute atomic E-state index is 0.00173. The minimum atomic E-state index is -4.52. The van der Waals surface area contributed by atoms with Crippen LogP contribution in [0.4, 0.5) is 0 Å². The Kier molecular flexibility index (Phi) is 11.8. The Morgan fingerprint density at radius 3 is 1.57 bits per heavy atom. The Bertz CT molecular complexity index is 1870. The summed E-state index contributed by atoms with van der Waals surface area (Å²) in [6.07, 6.45) is 2.43. The first-order chi connectivity index (χ1) is 20.5. The molecule has 0 saturated carbocycles. The number of aromatic nitrogens is 2. The van der Waals surface area contributed by atoms with Crippen LogP contribution in [0.25, 0.3) is 0 Å². The number of rotatable bonds is 10. The lowest BCUT2D eigenvalue weighted by Gasteiger charge is -2.12. The molecule has 0 atom stereocenters. The maximum Gasteiger partial charge on any atom is 0.210 e. The molecule has 0 amide bonds. The van der Waals surface area contributed by atoms with Gasteiger partial charge in [0.1, 0.15) is 20.2 Å². The van der Waals surface area contributed by atoms with Crippen molar-refractivity contribution in [1.82, 2.24) is 9.97 Å². The molecule has 0 aliphatic rings. The van der Waals surface area contributed by atoms with Crippen molar-refractivity contribution in [1.29, 1.82) is 0 Å². The van der Waals surface area contributed by atoms with Crippen LogP contribution >= 0.6 is 92.3 Å². The Hall–Kier alpha value is -1.06. The molecule has 0 saturated heterocycles. The molecule has 42 heavy (non-hydrogen) atoms. The van der Waals surface area contributed by atoms with Crippen LogP contribution in [0.5, 0.6) is 11.5 Å². The van der Waals surface area contributed by atoms with E-state index >= 15 is 0 Å². The zero-order valence-corrected chi connectivity index (χ0v) is 29.1. The summed E-state index contributed by atoms with van der Waals surface area (Å²) in [5, 5.41) is 0.214. The molecule has 2 aromatic heterocycles. The van der Waals surface area contributed by atoms with Gasteiger partial charge < -0.3 is 9.47 Å². The van der Waals surface area contributed by atoms with Gasteiger partial charge in [-0.2, -0.15) is 0 Å². The first-order valence-electron chi connectivity index (χ1n) is 12.4. The third-order valence-electron chi connectivity index (χ3n) is 4.79. The highest BCUT2D eigenvalue weighted by molar-refractivity contribution is 7.93. The van der Waals surface area contributed by atoms with Crippen molar-refractivity contribution in [3.63, 3.8) is 0 Å². The average Bonchev–Trinajstić information content (AvgIpc) is 3.60. The fraction of sp³-hybridized carbons (Fsp3) is 0.250. The van der Waals surface area contributed by atoms with Crippen molar-refractivity contribution in [2.75, 3.05) is 13.2 Å². The summed E-state index contributed by atoms with van der Waals surface area (Å²) in [6, 6.07) is 5.93. The van der Waals surface area contributed by atoms with Gasteiger partial charge >= 0.3 is 0 Å². The maximum absolute atomic E-state index is 12.6. The second kappa shape index (κ2) is 15.3. The molecule has 0 aliphatic carbocycles. The molecular formula is C24H20Cl6N2O6S4. The molecule has 4 aromatic rings. The lowest BCUT2D eigenvalue weighted by Crippen LogP contribution is -2.07. The van der Waals surface area contributed by atoms with Gasteiger partial charge in [-0.25, -0.2) is 26.8 Å². The van der Waals surface area contributed by atoms with Gasteiger partial charge in [-0.15, -0.1) is 0 Å². The summed E-state index contributed by atoms with van der Waals surface area (Å²) in [4.78, 5) is 7.44. The van der Waals surface area contributed by atoms with Gasteiger partial charge in [-0.1, -0.05) is 92.3 Å². The molecule has 2 aromatic carbocycles. The molecule has 2 heterocycles. The molecule has 0 radical (unpaired) electrons. The minimum Gasteiger partial charge on any atom is -0.494 e. The fourth-order valence-electron chi connectivity index (χ4n) is 3.08. The van der Waals surface area contributed by atoms with Crippen molar-refractivity contribution < 1.29 is 29.1 Å². The fourth-order valence-corrected chi connectivity index (χ4v) is 9.08. The van der Waals surface area contributed by atoms with Gasteiger partial charge in [0.15, 0.2) is 0 Å². The van der Waals surface area contributed by atoms with Crippen LogP contribution in [-0.2, 0) is 31.1 Å². The summed E-state index contributed by atoms with van der Waals surface area (Å²) in [5.41, 5.74) is -2.95. The number of thiazole rings is 2. The van der Waals surface area contributed by atoms with E-state index in [2.05, 4.69) is 9.97 Å². The quantitative estimate of drug-likeness (QED) is 0.157. The van der Waals surface area contributed by atoms with E-state index in [1.54, 1.807) is 26.0 Å². The Labute approximate surface area is 284 Å². The molecule has 0 aliphatic heterocycles. The smallest absolute Gasteiger partial charge is 0.210 e. The Balaban J connectivity index is 0.000000241. The van der Waals surface area contributed by atoms with Crippen LogP contribution in [0.3, 0.4) is 0 Å². The number of benzene rings is 2. The van der Waals surface area contributed by atoms with Gasteiger partial charge in [0, 0.05) is 13.9 Å². The summed E-state index contributed by atoms with van der Waals surface area (Å²) in [5.74, 6) is 0.0298. The molecular weight excluding hydrogens is 753 g/mol. The summed E-state index contributed by atoms with van der Waals surface area (Å²) in [7, 11) is -8.19. The molecule has 0 unspecified atom stereocenters. The largest absolute Gasteiger partial charge is 0.494 e.